The molecule has 0 fully saturated rings. The predicted molar refractivity (Wildman–Crippen MR) is 74.5 cm³/mol. The van der Waals surface area contributed by atoms with Gasteiger partial charge in [0.25, 0.3) is 8.48 Å². The summed E-state index contributed by atoms with van der Waals surface area (Å²) in [7, 11) is -3.48. The molecule has 0 saturated carbocycles. The van der Waals surface area contributed by atoms with Gasteiger partial charge in [-0.2, -0.15) is 0 Å². The highest BCUT2D eigenvalue weighted by Crippen LogP contribution is 2.19. The first-order valence-corrected chi connectivity index (χ1v) is 14.1. The summed E-state index contributed by atoms with van der Waals surface area (Å²) in [5.41, 5.74) is 0. The Bertz CT molecular complexity index is 256. The maximum atomic E-state index is 11.4. The molecule has 0 aromatic carbocycles. The first-order valence-electron chi connectivity index (χ1n) is 5.60. The van der Waals surface area contributed by atoms with Gasteiger partial charge in [-0.15, -0.1) is 0 Å². The molecule has 1 amide bonds. The monoisotopic (exact) mass is 279 g/mol. The van der Waals surface area contributed by atoms with Gasteiger partial charge in [-0.25, -0.2) is 0 Å². The first kappa shape index (κ1) is 16.0. The third-order valence-corrected chi connectivity index (χ3v) is 12.3. The standard InChI is InChI=1S/C9H25NO3Si3/c1-9(11)10(2)15(5,6)13-16(7,8)12-14(3)4/h14H,1-8H3. The van der Waals surface area contributed by atoms with E-state index in [1.54, 1.807) is 11.5 Å². The van der Waals surface area contributed by atoms with Crippen LogP contribution in [0, 0.1) is 0 Å². The Balaban J connectivity index is 4.62. The van der Waals surface area contributed by atoms with Crippen molar-refractivity contribution < 1.29 is 13.0 Å². The molecule has 0 heterocycles. The Kier molecular flexibility index (Phi) is 5.60. The van der Waals surface area contributed by atoms with Crippen LogP contribution in [0.4, 0.5) is 0 Å². The van der Waals surface area contributed by atoms with E-state index in [1.165, 1.54) is 0 Å². The van der Waals surface area contributed by atoms with Crippen LogP contribution in [0.15, 0.2) is 0 Å². The maximum absolute atomic E-state index is 11.4. The zero-order valence-corrected chi connectivity index (χ0v) is 14.9. The average molecular weight is 280 g/mol. The summed E-state index contributed by atoms with van der Waals surface area (Å²) in [6.07, 6.45) is 0. The van der Waals surface area contributed by atoms with E-state index in [4.69, 9.17) is 8.23 Å². The Hall–Kier alpha value is 0.0406. The van der Waals surface area contributed by atoms with Crippen molar-refractivity contribution in [1.29, 1.82) is 0 Å². The molecule has 0 N–H and O–H groups in total. The van der Waals surface area contributed by atoms with Crippen molar-refractivity contribution >= 4 is 32.0 Å². The van der Waals surface area contributed by atoms with Crippen LogP contribution in [-0.2, 0) is 13.0 Å². The highest BCUT2D eigenvalue weighted by atomic mass is 28.5. The van der Waals surface area contributed by atoms with Crippen molar-refractivity contribution in [3.63, 3.8) is 0 Å². The van der Waals surface area contributed by atoms with Crippen molar-refractivity contribution in [3.8, 4) is 0 Å². The molecule has 0 aliphatic carbocycles. The fraction of sp³-hybridized carbons (Fsp3) is 0.889. The Morgan fingerprint density at radius 2 is 1.62 bits per heavy atom. The number of carbonyl (C=O) groups is 1. The zero-order chi connectivity index (χ0) is 13.1. The van der Waals surface area contributed by atoms with Crippen LogP contribution < -0.4 is 0 Å². The zero-order valence-electron chi connectivity index (χ0n) is 11.7. The number of hydrogen-bond acceptors (Lipinski definition) is 3. The average Bonchev–Trinajstić information content (AvgIpc) is 1.97. The number of rotatable bonds is 5. The molecule has 96 valence electrons. The molecule has 0 aliphatic rings. The molecule has 4 nitrogen and oxygen atoms in total. The number of nitrogens with zero attached hydrogens (tertiary/aromatic N) is 1. The van der Waals surface area contributed by atoms with Crippen molar-refractivity contribution in [3.05, 3.63) is 0 Å². The first-order chi connectivity index (χ1) is 6.98. The normalized spacial score (nSPS) is 13.1. The lowest BCUT2D eigenvalue weighted by Crippen LogP contribution is -2.58. The molecule has 0 spiro atoms. The minimum Gasteiger partial charge on any atom is -0.440 e. The summed E-state index contributed by atoms with van der Waals surface area (Å²) < 4.78 is 13.9. The molecule has 0 atom stereocenters. The van der Waals surface area contributed by atoms with E-state index in [0.717, 1.165) is 0 Å². The number of hydrogen-bond donors (Lipinski definition) is 0. The molecule has 0 radical (unpaired) electrons. The minimum absolute atomic E-state index is 0.0586. The van der Waals surface area contributed by atoms with E-state index in [2.05, 4.69) is 26.2 Å². The van der Waals surface area contributed by atoms with Crippen LogP contribution in [0.1, 0.15) is 6.92 Å². The lowest BCUT2D eigenvalue weighted by molar-refractivity contribution is -0.124. The Morgan fingerprint density at radius 1 is 1.19 bits per heavy atom. The fourth-order valence-electron chi connectivity index (χ4n) is 1.64. The van der Waals surface area contributed by atoms with Gasteiger partial charge in [0.05, 0.1) is 0 Å². The van der Waals surface area contributed by atoms with Crippen LogP contribution in [0.25, 0.3) is 0 Å². The van der Waals surface area contributed by atoms with Gasteiger partial charge in [-0.1, -0.05) is 0 Å². The number of amides is 1. The van der Waals surface area contributed by atoms with Gasteiger partial charge < -0.3 is 12.8 Å². The van der Waals surface area contributed by atoms with Crippen LogP contribution in [0.5, 0.6) is 0 Å². The third-order valence-electron chi connectivity index (χ3n) is 2.30. The Morgan fingerprint density at radius 3 is 1.94 bits per heavy atom. The summed E-state index contributed by atoms with van der Waals surface area (Å²) in [4.78, 5) is 11.4. The van der Waals surface area contributed by atoms with Crippen LogP contribution in [0.2, 0.25) is 39.3 Å². The van der Waals surface area contributed by atoms with E-state index < -0.39 is 26.1 Å². The van der Waals surface area contributed by atoms with Gasteiger partial charge in [-0.05, 0) is 39.3 Å². The quantitative estimate of drug-likeness (QED) is 0.721. The molecule has 0 aromatic heterocycles. The minimum atomic E-state index is -2.13. The van der Waals surface area contributed by atoms with E-state index >= 15 is 0 Å². The maximum Gasteiger partial charge on any atom is 0.312 e. The van der Waals surface area contributed by atoms with Gasteiger partial charge in [-0.3, -0.25) is 4.79 Å². The van der Waals surface area contributed by atoms with Crippen LogP contribution in [0.3, 0.4) is 0 Å². The van der Waals surface area contributed by atoms with Gasteiger partial charge in [0.15, 0.2) is 9.04 Å². The van der Waals surface area contributed by atoms with Crippen LogP contribution in [-0.4, -0.2) is 43.6 Å². The number of carbonyl (C=O) groups excluding carboxylic acids is 1. The molecule has 0 bridgehead atoms. The van der Waals surface area contributed by atoms with E-state index in [1.807, 2.05) is 20.1 Å². The topological polar surface area (TPSA) is 38.8 Å². The summed E-state index contributed by atoms with van der Waals surface area (Å²) in [6, 6.07) is 0. The molecule has 0 aromatic rings. The predicted octanol–water partition coefficient (Wildman–Crippen LogP) is 1.88. The summed E-state index contributed by atoms with van der Waals surface area (Å²) >= 11 is 0. The van der Waals surface area contributed by atoms with Gasteiger partial charge in [0, 0.05) is 14.0 Å². The van der Waals surface area contributed by atoms with Gasteiger partial charge in [0.1, 0.15) is 0 Å². The van der Waals surface area contributed by atoms with E-state index in [9.17, 15) is 4.79 Å². The van der Waals surface area contributed by atoms with Crippen molar-refractivity contribution in [2.24, 2.45) is 0 Å². The lowest BCUT2D eigenvalue weighted by Gasteiger charge is -2.39. The molecular formula is C9H25NO3Si3. The highest BCUT2D eigenvalue weighted by molar-refractivity contribution is 6.84. The second-order valence-corrected chi connectivity index (χ2v) is 15.4. The van der Waals surface area contributed by atoms with Gasteiger partial charge >= 0.3 is 8.56 Å². The van der Waals surface area contributed by atoms with Crippen molar-refractivity contribution in [2.45, 2.75) is 46.2 Å². The fourth-order valence-corrected chi connectivity index (χ4v) is 12.9. The molecule has 0 unspecified atom stereocenters. The third kappa shape index (κ3) is 5.39. The molecule has 7 heteroatoms. The summed E-state index contributed by atoms with van der Waals surface area (Å²) in [5.74, 6) is 0.0586. The Labute approximate surface area is 103 Å². The lowest BCUT2D eigenvalue weighted by atomic mass is 10.7. The SMILES string of the molecule is CC(=O)N(C)[Si](C)(C)O[Si](C)(C)O[SiH](C)C. The second kappa shape index (κ2) is 5.59. The molecule has 16 heavy (non-hydrogen) atoms. The van der Waals surface area contributed by atoms with E-state index in [-0.39, 0.29) is 5.91 Å². The smallest absolute Gasteiger partial charge is 0.312 e. The van der Waals surface area contributed by atoms with Gasteiger partial charge in [0.2, 0.25) is 5.91 Å². The summed E-state index contributed by atoms with van der Waals surface area (Å²) in [5, 5.41) is 0. The molecular weight excluding hydrogens is 254 g/mol. The highest BCUT2D eigenvalue weighted by Gasteiger charge is 2.39. The molecule has 0 aliphatic heterocycles. The summed E-state index contributed by atoms with van der Waals surface area (Å²) in [6.45, 7) is 14.0. The largest absolute Gasteiger partial charge is 0.440 e. The van der Waals surface area contributed by atoms with E-state index in [0.29, 0.717) is 0 Å². The van der Waals surface area contributed by atoms with Crippen LogP contribution >= 0.6 is 0 Å². The van der Waals surface area contributed by atoms with Crippen molar-refractivity contribution in [1.82, 2.24) is 4.57 Å². The second-order valence-electron chi connectivity index (χ2n) is 5.19. The molecule has 0 saturated heterocycles. The molecule has 0 rings (SSSR count). The van der Waals surface area contributed by atoms with Crippen molar-refractivity contribution in [2.75, 3.05) is 7.05 Å².